The van der Waals surface area contributed by atoms with Gasteiger partial charge in [-0.05, 0) is 34.7 Å². The quantitative estimate of drug-likeness (QED) is 0.464. The number of aromatic amines is 1. The number of carboxylic acids is 1. The molecule has 0 saturated carbocycles. The Bertz CT molecular complexity index is 1130. The third-order valence-corrected chi connectivity index (χ3v) is 5.03. The Labute approximate surface area is 173 Å². The van der Waals surface area contributed by atoms with Gasteiger partial charge in [0.25, 0.3) is 0 Å². The molecule has 0 radical (unpaired) electrons. The molecule has 8 nitrogen and oxygen atoms in total. The molecule has 2 aromatic carbocycles. The summed E-state index contributed by atoms with van der Waals surface area (Å²) >= 11 is 0. The molecule has 0 saturated heterocycles. The number of aryl methyl sites for hydroxylation is 1. The van der Waals surface area contributed by atoms with E-state index in [9.17, 15) is 9.90 Å². The molecule has 2 aromatic heterocycles. The van der Waals surface area contributed by atoms with Crippen molar-refractivity contribution in [1.29, 1.82) is 0 Å². The lowest BCUT2D eigenvalue weighted by Gasteiger charge is -2.12. The zero-order valence-corrected chi connectivity index (χ0v) is 16.6. The number of nitrogens with one attached hydrogen (secondary N) is 1. The summed E-state index contributed by atoms with van der Waals surface area (Å²) in [7, 11) is 0. The maximum absolute atomic E-state index is 11.6. The molecule has 30 heavy (non-hydrogen) atoms. The van der Waals surface area contributed by atoms with E-state index in [1.165, 1.54) is 0 Å². The first-order valence-electron chi connectivity index (χ1n) is 9.87. The van der Waals surface area contributed by atoms with Gasteiger partial charge in [-0.3, -0.25) is 0 Å². The highest BCUT2D eigenvalue weighted by Gasteiger charge is 2.16. The van der Waals surface area contributed by atoms with Gasteiger partial charge in [0.05, 0.1) is 0 Å². The second-order valence-corrected chi connectivity index (χ2v) is 7.05. The first kappa shape index (κ1) is 19.5. The lowest BCUT2D eigenvalue weighted by molar-refractivity contribution is 0.0678. The van der Waals surface area contributed by atoms with Gasteiger partial charge in [0, 0.05) is 24.0 Å². The molecule has 0 atom stereocenters. The molecule has 152 valence electrons. The van der Waals surface area contributed by atoms with E-state index in [2.05, 4.69) is 32.5 Å². The van der Waals surface area contributed by atoms with Crippen LogP contribution in [-0.4, -0.2) is 41.3 Å². The number of rotatable bonds is 8. The minimum absolute atomic E-state index is 0.0765. The fraction of sp³-hybridized carbons (Fsp3) is 0.227. The van der Waals surface area contributed by atoms with E-state index < -0.39 is 5.97 Å². The van der Waals surface area contributed by atoms with Gasteiger partial charge in [0.1, 0.15) is 0 Å². The maximum atomic E-state index is 11.6. The molecule has 0 fully saturated rings. The lowest BCUT2D eigenvalue weighted by atomic mass is 9.98. The zero-order chi connectivity index (χ0) is 20.9. The number of nitrogens with zero attached hydrogens (tertiary/aromatic N) is 5. The maximum Gasteiger partial charge on any atom is 0.372 e. The predicted molar refractivity (Wildman–Crippen MR) is 112 cm³/mol. The van der Waals surface area contributed by atoms with Gasteiger partial charge in [0.15, 0.2) is 0 Å². The van der Waals surface area contributed by atoms with Gasteiger partial charge in [-0.1, -0.05) is 61.9 Å². The Morgan fingerprint density at radius 1 is 1.10 bits per heavy atom. The molecule has 0 aliphatic rings. The number of hydrogen-bond donors (Lipinski definition) is 2. The van der Waals surface area contributed by atoms with Gasteiger partial charge in [-0.15, -0.1) is 10.2 Å². The number of tetrazole rings is 1. The molecule has 8 heteroatoms. The van der Waals surface area contributed by atoms with E-state index in [0.717, 1.165) is 47.2 Å². The molecular weight excluding hydrogens is 380 g/mol. The second-order valence-electron chi connectivity index (χ2n) is 7.05. The number of carbonyl (C=O) groups is 1. The van der Waals surface area contributed by atoms with Gasteiger partial charge >= 0.3 is 5.97 Å². The van der Waals surface area contributed by atoms with Crippen LogP contribution in [0.4, 0.5) is 0 Å². The largest absolute Gasteiger partial charge is 0.475 e. The first-order chi connectivity index (χ1) is 14.7. The standard InChI is InChI=1S/C22H22N6O2/c1-2-3-6-17-13-23-21(22(29)30)28(17)14-15-9-11-16(12-10-15)18-7-4-5-8-19(18)20-24-26-27-25-20/h4-5,7-13H,2-3,6,14H2,1H3,(H,29,30)(H,24,25,26,27). The molecule has 4 aromatic rings. The number of hydrogen-bond acceptors (Lipinski definition) is 5. The molecule has 2 heterocycles. The number of carboxylic acid groups (broad SMARTS) is 1. The van der Waals surface area contributed by atoms with Crippen molar-refractivity contribution in [2.24, 2.45) is 0 Å². The van der Waals surface area contributed by atoms with Crippen LogP contribution in [0, 0.1) is 0 Å². The molecule has 2 N–H and O–H groups in total. The van der Waals surface area contributed by atoms with Gasteiger partial charge in [-0.25, -0.2) is 9.78 Å². The number of benzene rings is 2. The summed E-state index contributed by atoms with van der Waals surface area (Å²) in [6, 6.07) is 16.0. The summed E-state index contributed by atoms with van der Waals surface area (Å²) in [6.07, 6.45) is 4.53. The summed E-state index contributed by atoms with van der Waals surface area (Å²) in [6.45, 7) is 2.58. The molecule has 0 spiro atoms. The summed E-state index contributed by atoms with van der Waals surface area (Å²) in [5, 5.41) is 23.8. The van der Waals surface area contributed by atoms with Crippen molar-refractivity contribution >= 4 is 5.97 Å². The van der Waals surface area contributed by atoms with E-state index in [1.54, 1.807) is 10.8 Å². The Morgan fingerprint density at radius 2 is 1.87 bits per heavy atom. The third kappa shape index (κ3) is 3.98. The van der Waals surface area contributed by atoms with Crippen LogP contribution in [0.2, 0.25) is 0 Å². The number of unbranched alkanes of at least 4 members (excludes halogenated alkanes) is 1. The minimum atomic E-state index is -1.01. The van der Waals surface area contributed by atoms with Crippen molar-refractivity contribution < 1.29 is 9.90 Å². The van der Waals surface area contributed by atoms with Crippen molar-refractivity contribution in [3.8, 4) is 22.5 Å². The fourth-order valence-corrected chi connectivity index (χ4v) is 3.49. The number of imidazole rings is 1. The highest BCUT2D eigenvalue weighted by atomic mass is 16.4. The van der Waals surface area contributed by atoms with Gasteiger partial charge in [-0.2, -0.15) is 5.21 Å². The normalized spacial score (nSPS) is 11.0. The predicted octanol–water partition coefficient (Wildman–Crippen LogP) is 3.82. The van der Waals surface area contributed by atoms with E-state index in [1.807, 2.05) is 48.5 Å². The average Bonchev–Trinajstić information content (AvgIpc) is 3.43. The van der Waals surface area contributed by atoms with E-state index in [4.69, 9.17) is 0 Å². The molecule has 0 aliphatic carbocycles. The Morgan fingerprint density at radius 3 is 2.53 bits per heavy atom. The van der Waals surface area contributed by atoms with Crippen LogP contribution in [0.3, 0.4) is 0 Å². The summed E-state index contributed by atoms with van der Waals surface area (Å²) in [5.74, 6) is -0.393. The van der Waals surface area contributed by atoms with Crippen LogP contribution in [0.5, 0.6) is 0 Å². The fourth-order valence-electron chi connectivity index (χ4n) is 3.49. The lowest BCUT2D eigenvalue weighted by Crippen LogP contribution is -2.13. The van der Waals surface area contributed by atoms with Crippen molar-refractivity contribution in [2.45, 2.75) is 32.7 Å². The zero-order valence-electron chi connectivity index (χ0n) is 16.6. The van der Waals surface area contributed by atoms with Crippen molar-refractivity contribution in [3.63, 3.8) is 0 Å². The Balaban J connectivity index is 1.62. The second kappa shape index (κ2) is 8.69. The molecule has 0 aliphatic heterocycles. The van der Waals surface area contributed by atoms with Crippen LogP contribution in [0.25, 0.3) is 22.5 Å². The van der Waals surface area contributed by atoms with Crippen LogP contribution in [0.1, 0.15) is 41.6 Å². The first-order valence-corrected chi connectivity index (χ1v) is 9.87. The van der Waals surface area contributed by atoms with E-state index >= 15 is 0 Å². The monoisotopic (exact) mass is 402 g/mol. The number of H-pyrrole nitrogens is 1. The Kier molecular flexibility index (Phi) is 5.65. The molecule has 0 bridgehead atoms. The highest BCUT2D eigenvalue weighted by Crippen LogP contribution is 2.30. The third-order valence-electron chi connectivity index (χ3n) is 5.03. The molecule has 0 amide bonds. The van der Waals surface area contributed by atoms with Crippen molar-refractivity contribution in [2.75, 3.05) is 0 Å². The summed E-state index contributed by atoms with van der Waals surface area (Å²) in [4.78, 5) is 15.7. The minimum Gasteiger partial charge on any atom is -0.475 e. The molecule has 0 unspecified atom stereocenters. The average molecular weight is 402 g/mol. The molecule has 4 rings (SSSR count). The Hall–Kier alpha value is -3.81. The topological polar surface area (TPSA) is 110 Å². The van der Waals surface area contributed by atoms with E-state index in [0.29, 0.717) is 12.4 Å². The van der Waals surface area contributed by atoms with Crippen LogP contribution in [-0.2, 0) is 13.0 Å². The van der Waals surface area contributed by atoms with Crippen molar-refractivity contribution in [3.05, 3.63) is 71.8 Å². The van der Waals surface area contributed by atoms with Crippen LogP contribution < -0.4 is 0 Å². The highest BCUT2D eigenvalue weighted by molar-refractivity contribution is 5.83. The summed E-state index contributed by atoms with van der Waals surface area (Å²) < 4.78 is 1.79. The smallest absolute Gasteiger partial charge is 0.372 e. The number of aromatic nitrogens is 6. The van der Waals surface area contributed by atoms with E-state index in [-0.39, 0.29) is 5.82 Å². The molecular formula is C22H22N6O2. The van der Waals surface area contributed by atoms with Crippen LogP contribution >= 0.6 is 0 Å². The number of aromatic carboxylic acids is 1. The summed E-state index contributed by atoms with van der Waals surface area (Å²) in [5.41, 5.74) is 4.87. The SMILES string of the molecule is CCCCc1cnc(C(=O)O)n1Cc1ccc(-c2ccccc2-c2nn[nH]n2)cc1. The van der Waals surface area contributed by atoms with Crippen molar-refractivity contribution in [1.82, 2.24) is 30.2 Å². The van der Waals surface area contributed by atoms with Gasteiger partial charge in [0.2, 0.25) is 11.6 Å². The van der Waals surface area contributed by atoms with Gasteiger partial charge < -0.3 is 9.67 Å². The van der Waals surface area contributed by atoms with Crippen LogP contribution in [0.15, 0.2) is 54.7 Å².